The van der Waals surface area contributed by atoms with Crippen molar-refractivity contribution in [2.24, 2.45) is 0 Å². The van der Waals surface area contributed by atoms with Crippen molar-refractivity contribution in [2.75, 3.05) is 18.9 Å². The van der Waals surface area contributed by atoms with Crippen molar-refractivity contribution in [3.63, 3.8) is 0 Å². The van der Waals surface area contributed by atoms with Gasteiger partial charge in [0.1, 0.15) is 18.3 Å². The fourth-order valence-electron chi connectivity index (χ4n) is 2.58. The third-order valence-corrected chi connectivity index (χ3v) is 4.22. The standard InChI is InChI=1S/C19H23N3O3.C6H10.C2H2O/c1-2-25-18(23)12-13-21-19(24)15-9-6-14(7-10-15)8-11-16-4-3-5-17(20)22-16;1-4-5-6(2)3;1-2-3-1/h3-7,9-10H,2,8,11-13H2,1H3,(H2,20,22)(H,21,24);4-5H,1H2,2-3H3;1-2H. The van der Waals surface area contributed by atoms with E-state index in [4.69, 9.17) is 10.5 Å². The molecule has 182 valence electrons. The first-order valence-corrected chi connectivity index (χ1v) is 11.2. The summed E-state index contributed by atoms with van der Waals surface area (Å²) in [6.45, 7) is 9.97. The van der Waals surface area contributed by atoms with Crippen LogP contribution in [0.25, 0.3) is 0 Å². The van der Waals surface area contributed by atoms with Gasteiger partial charge in [0.05, 0.1) is 13.0 Å². The summed E-state index contributed by atoms with van der Waals surface area (Å²) >= 11 is 0. The van der Waals surface area contributed by atoms with Gasteiger partial charge in [0.25, 0.3) is 5.91 Å². The molecule has 2 aromatic rings. The number of anilines is 1. The molecule has 0 radical (unpaired) electrons. The third kappa shape index (κ3) is 14.2. The summed E-state index contributed by atoms with van der Waals surface area (Å²) in [6.07, 6.45) is 8.79. The topological polar surface area (TPSA) is 107 Å². The molecule has 1 amide bonds. The van der Waals surface area contributed by atoms with Crippen molar-refractivity contribution in [3.05, 3.63) is 96.1 Å². The van der Waals surface area contributed by atoms with Gasteiger partial charge in [-0.2, -0.15) is 0 Å². The number of ether oxygens (including phenoxy) is 2. The normalized spacial score (nSPS) is 10.2. The molecule has 0 fully saturated rings. The van der Waals surface area contributed by atoms with Crippen LogP contribution < -0.4 is 11.1 Å². The quantitative estimate of drug-likeness (QED) is 0.408. The number of nitrogen functional groups attached to an aromatic ring is 1. The van der Waals surface area contributed by atoms with Crippen LogP contribution >= 0.6 is 0 Å². The number of aromatic nitrogens is 1. The van der Waals surface area contributed by atoms with Gasteiger partial charge in [0.15, 0.2) is 0 Å². The van der Waals surface area contributed by atoms with Crippen LogP contribution in [0.3, 0.4) is 0 Å². The molecule has 3 rings (SSSR count). The van der Waals surface area contributed by atoms with Crippen LogP contribution in [0.4, 0.5) is 5.82 Å². The van der Waals surface area contributed by atoms with Crippen LogP contribution in [0.2, 0.25) is 0 Å². The van der Waals surface area contributed by atoms with Gasteiger partial charge in [-0.1, -0.05) is 42.5 Å². The number of carbonyl (C=O) groups is 2. The van der Waals surface area contributed by atoms with E-state index in [1.165, 1.54) is 5.57 Å². The van der Waals surface area contributed by atoms with Crippen molar-refractivity contribution in [1.29, 1.82) is 0 Å². The molecular formula is C27H35N3O4. The van der Waals surface area contributed by atoms with E-state index in [-0.39, 0.29) is 24.8 Å². The van der Waals surface area contributed by atoms with Crippen LogP contribution in [0.15, 0.2) is 79.3 Å². The molecular weight excluding hydrogens is 430 g/mol. The minimum Gasteiger partial charge on any atom is -0.466 e. The molecule has 1 aromatic heterocycles. The molecule has 7 heteroatoms. The van der Waals surface area contributed by atoms with Crippen LogP contribution in [0.1, 0.15) is 48.8 Å². The van der Waals surface area contributed by atoms with Crippen molar-refractivity contribution in [1.82, 2.24) is 10.3 Å². The number of nitrogens with one attached hydrogen (secondary N) is 1. The highest BCUT2D eigenvalue weighted by atomic mass is 16.5. The third-order valence-electron chi connectivity index (χ3n) is 4.22. The number of pyridine rings is 1. The summed E-state index contributed by atoms with van der Waals surface area (Å²) in [7, 11) is 0. The van der Waals surface area contributed by atoms with E-state index in [9.17, 15) is 9.59 Å². The van der Waals surface area contributed by atoms with Crippen molar-refractivity contribution in [2.45, 2.75) is 40.0 Å². The fourth-order valence-corrected chi connectivity index (χ4v) is 2.58. The zero-order chi connectivity index (χ0) is 25.2. The summed E-state index contributed by atoms with van der Waals surface area (Å²) in [4.78, 5) is 27.5. The lowest BCUT2D eigenvalue weighted by Gasteiger charge is -2.07. The molecule has 1 aliphatic rings. The van der Waals surface area contributed by atoms with Gasteiger partial charge in [-0.15, -0.1) is 0 Å². The Labute approximate surface area is 202 Å². The first-order chi connectivity index (χ1) is 16.3. The number of hydrogen-bond acceptors (Lipinski definition) is 6. The molecule has 0 spiro atoms. The summed E-state index contributed by atoms with van der Waals surface area (Å²) < 4.78 is 9.06. The lowest BCUT2D eigenvalue weighted by atomic mass is 10.1. The molecule has 3 N–H and O–H groups in total. The first-order valence-electron chi connectivity index (χ1n) is 11.2. The Morgan fingerprint density at radius 1 is 1.12 bits per heavy atom. The fraction of sp³-hybridized carbons (Fsp3) is 0.296. The monoisotopic (exact) mass is 465 g/mol. The van der Waals surface area contributed by atoms with Crippen molar-refractivity contribution >= 4 is 17.7 Å². The Balaban J connectivity index is 0.000000538. The highest BCUT2D eigenvalue weighted by Crippen LogP contribution is 2.09. The van der Waals surface area contributed by atoms with Gasteiger partial charge in [0.2, 0.25) is 0 Å². The minimum atomic E-state index is -0.312. The van der Waals surface area contributed by atoms with Gasteiger partial charge < -0.3 is 20.5 Å². The zero-order valence-corrected chi connectivity index (χ0v) is 20.3. The highest BCUT2D eigenvalue weighted by Gasteiger charge is 2.07. The van der Waals surface area contributed by atoms with E-state index in [1.807, 2.05) is 44.2 Å². The van der Waals surface area contributed by atoms with E-state index < -0.39 is 0 Å². The molecule has 0 aliphatic carbocycles. The molecule has 0 saturated heterocycles. The molecule has 0 saturated carbocycles. The Bertz CT molecular complexity index is 958. The van der Waals surface area contributed by atoms with Crippen molar-refractivity contribution < 1.29 is 19.1 Å². The Hall–Kier alpha value is -3.87. The second-order valence-corrected chi connectivity index (χ2v) is 7.45. The molecule has 7 nitrogen and oxygen atoms in total. The van der Waals surface area contributed by atoms with Gasteiger partial charge in [0, 0.05) is 17.8 Å². The maximum absolute atomic E-state index is 12.0. The van der Waals surface area contributed by atoms with Crippen LogP contribution in [0.5, 0.6) is 0 Å². The number of amides is 1. The number of carbonyl (C=O) groups excluding carboxylic acids is 2. The molecule has 0 bridgehead atoms. The van der Waals surface area contributed by atoms with E-state index in [2.05, 4.69) is 21.6 Å². The summed E-state index contributed by atoms with van der Waals surface area (Å²) in [5, 5.41) is 2.71. The molecule has 34 heavy (non-hydrogen) atoms. The molecule has 0 unspecified atom stereocenters. The first kappa shape index (κ1) is 28.2. The van der Waals surface area contributed by atoms with Gasteiger partial charge in [-0.05, 0) is 63.4 Å². The molecule has 0 atom stereocenters. The predicted molar refractivity (Wildman–Crippen MR) is 136 cm³/mol. The number of rotatable bonds is 9. The van der Waals surface area contributed by atoms with Crippen LogP contribution in [0, 0.1) is 0 Å². The van der Waals surface area contributed by atoms with Crippen LogP contribution in [-0.4, -0.2) is 30.0 Å². The van der Waals surface area contributed by atoms with E-state index in [1.54, 1.807) is 43.7 Å². The highest BCUT2D eigenvalue weighted by molar-refractivity contribution is 5.94. The lowest BCUT2D eigenvalue weighted by molar-refractivity contribution is -0.142. The summed E-state index contributed by atoms with van der Waals surface area (Å²) in [5.74, 6) is 0.00833. The van der Waals surface area contributed by atoms with Gasteiger partial charge in [-0.25, -0.2) is 4.98 Å². The number of nitrogens with two attached hydrogens (primary N) is 1. The zero-order valence-electron chi connectivity index (χ0n) is 20.3. The van der Waals surface area contributed by atoms with E-state index in [0.29, 0.717) is 18.0 Å². The summed E-state index contributed by atoms with van der Waals surface area (Å²) in [5.41, 5.74) is 9.60. The van der Waals surface area contributed by atoms with Gasteiger partial charge >= 0.3 is 5.97 Å². The number of benzene rings is 1. The molecule has 1 aliphatic heterocycles. The second kappa shape index (κ2) is 16.7. The number of aryl methyl sites for hydroxylation is 2. The van der Waals surface area contributed by atoms with Gasteiger partial charge in [-0.3, -0.25) is 9.59 Å². The Kier molecular flexibility index (Phi) is 13.8. The average molecular weight is 466 g/mol. The number of nitrogens with zero attached hydrogens (tertiary/aromatic N) is 1. The SMILES string of the molecule is C1=CO1.C=CC=C(C)C.CCOC(=O)CCNC(=O)c1ccc(CCc2cccc(N)n2)cc1. The second-order valence-electron chi connectivity index (χ2n) is 7.45. The smallest absolute Gasteiger partial charge is 0.307 e. The largest absolute Gasteiger partial charge is 0.466 e. The number of esters is 1. The minimum absolute atomic E-state index is 0.171. The predicted octanol–water partition coefficient (Wildman–Crippen LogP) is 4.76. The molecule has 1 aromatic carbocycles. The maximum atomic E-state index is 12.0. The van der Waals surface area contributed by atoms with Crippen molar-refractivity contribution in [3.8, 4) is 0 Å². The van der Waals surface area contributed by atoms with E-state index >= 15 is 0 Å². The number of hydrogen-bond donors (Lipinski definition) is 2. The molecule has 2 heterocycles. The maximum Gasteiger partial charge on any atom is 0.307 e. The Morgan fingerprint density at radius 3 is 2.29 bits per heavy atom. The number of allylic oxidation sites excluding steroid dienone is 3. The van der Waals surface area contributed by atoms with Crippen LogP contribution in [-0.2, 0) is 27.1 Å². The Morgan fingerprint density at radius 2 is 1.79 bits per heavy atom. The average Bonchev–Trinajstić information content (AvgIpc) is 3.68. The lowest BCUT2D eigenvalue weighted by Crippen LogP contribution is -2.26. The summed E-state index contributed by atoms with van der Waals surface area (Å²) in [6, 6.07) is 13.0. The van der Waals surface area contributed by atoms with E-state index in [0.717, 1.165) is 24.1 Å².